The molecule has 0 amide bonds. The first-order chi connectivity index (χ1) is 8.77. The first kappa shape index (κ1) is 18.2. The molecule has 1 aromatic heterocycles. The number of methoxy groups -OCH3 is 1. The molecule has 0 saturated heterocycles. The molecule has 110 valence electrons. The summed E-state index contributed by atoms with van der Waals surface area (Å²) in [6.45, 7) is 5.13. The van der Waals surface area contributed by atoms with E-state index in [1.807, 2.05) is 17.8 Å². The van der Waals surface area contributed by atoms with Crippen molar-refractivity contribution in [2.75, 3.05) is 26.8 Å². The average Bonchev–Trinajstić information content (AvgIpc) is 2.77. The molecule has 0 unspecified atom stereocenters. The smallest absolute Gasteiger partial charge is 0.191 e. The number of rotatable bonds is 7. The minimum atomic E-state index is 0. The quantitative estimate of drug-likeness (QED) is 0.322. The highest BCUT2D eigenvalue weighted by Gasteiger charge is 1.99. The van der Waals surface area contributed by atoms with Crippen LogP contribution in [-0.2, 0) is 18.3 Å². The topological polar surface area (TPSA) is 63.5 Å². The lowest BCUT2D eigenvalue weighted by Gasteiger charge is -2.10. The monoisotopic (exact) mass is 381 g/mol. The Kier molecular flexibility index (Phi) is 10.6. The van der Waals surface area contributed by atoms with Crippen LogP contribution >= 0.6 is 24.0 Å². The Morgan fingerprint density at radius 1 is 1.47 bits per heavy atom. The summed E-state index contributed by atoms with van der Waals surface area (Å²) in [5, 5.41) is 10.6. The SMILES string of the molecule is CCNC(=NCc1ccnn1C)NCCCOC.I. The van der Waals surface area contributed by atoms with Crippen LogP contribution in [0.25, 0.3) is 0 Å². The third-order valence-corrected chi connectivity index (χ3v) is 2.48. The van der Waals surface area contributed by atoms with Gasteiger partial charge in [-0.1, -0.05) is 0 Å². The van der Waals surface area contributed by atoms with Gasteiger partial charge in [0.05, 0.1) is 12.2 Å². The fourth-order valence-corrected chi connectivity index (χ4v) is 1.48. The summed E-state index contributed by atoms with van der Waals surface area (Å²) < 4.78 is 6.84. The fraction of sp³-hybridized carbons (Fsp3) is 0.667. The maximum atomic E-state index is 5.01. The number of aryl methyl sites for hydroxylation is 1. The normalized spacial score (nSPS) is 11.0. The van der Waals surface area contributed by atoms with Crippen LogP contribution < -0.4 is 10.6 Å². The molecule has 0 saturated carbocycles. The highest BCUT2D eigenvalue weighted by Crippen LogP contribution is 1.97. The number of nitrogens with zero attached hydrogens (tertiary/aromatic N) is 3. The third kappa shape index (κ3) is 7.36. The molecule has 19 heavy (non-hydrogen) atoms. The van der Waals surface area contributed by atoms with Crippen molar-refractivity contribution in [1.82, 2.24) is 20.4 Å². The van der Waals surface area contributed by atoms with Crippen LogP contribution in [0.4, 0.5) is 0 Å². The molecule has 0 aromatic carbocycles. The van der Waals surface area contributed by atoms with Gasteiger partial charge in [-0.25, -0.2) is 4.99 Å². The number of ether oxygens (including phenoxy) is 1. The van der Waals surface area contributed by atoms with Gasteiger partial charge in [0.15, 0.2) is 5.96 Å². The molecule has 0 aliphatic heterocycles. The Hall–Kier alpha value is -0.830. The molecular formula is C12H24IN5O. The molecule has 0 aliphatic rings. The molecule has 0 radical (unpaired) electrons. The maximum absolute atomic E-state index is 5.01. The van der Waals surface area contributed by atoms with E-state index in [0.717, 1.165) is 37.8 Å². The van der Waals surface area contributed by atoms with E-state index >= 15 is 0 Å². The van der Waals surface area contributed by atoms with Gasteiger partial charge in [-0.2, -0.15) is 5.10 Å². The molecule has 1 aromatic rings. The molecule has 6 nitrogen and oxygen atoms in total. The average molecular weight is 381 g/mol. The van der Waals surface area contributed by atoms with Gasteiger partial charge in [0.25, 0.3) is 0 Å². The summed E-state index contributed by atoms with van der Waals surface area (Å²) in [5.74, 6) is 0.829. The molecule has 0 spiro atoms. The second-order valence-corrected chi connectivity index (χ2v) is 3.91. The molecule has 0 aliphatic carbocycles. The molecule has 2 N–H and O–H groups in total. The Labute approximate surface area is 132 Å². The Morgan fingerprint density at radius 3 is 2.84 bits per heavy atom. The van der Waals surface area contributed by atoms with Crippen molar-refractivity contribution >= 4 is 29.9 Å². The summed E-state index contributed by atoms with van der Waals surface area (Å²) in [7, 11) is 3.63. The molecule has 7 heteroatoms. The predicted octanol–water partition coefficient (Wildman–Crippen LogP) is 1.13. The van der Waals surface area contributed by atoms with Crippen molar-refractivity contribution in [3.63, 3.8) is 0 Å². The number of hydrogen-bond acceptors (Lipinski definition) is 3. The van der Waals surface area contributed by atoms with E-state index in [2.05, 4.69) is 27.6 Å². The zero-order valence-electron chi connectivity index (χ0n) is 11.8. The van der Waals surface area contributed by atoms with Crippen molar-refractivity contribution in [3.05, 3.63) is 18.0 Å². The highest BCUT2D eigenvalue weighted by atomic mass is 127. The van der Waals surface area contributed by atoms with Gasteiger partial charge in [-0.05, 0) is 19.4 Å². The summed E-state index contributed by atoms with van der Waals surface area (Å²) in [4.78, 5) is 4.51. The van der Waals surface area contributed by atoms with E-state index in [0.29, 0.717) is 6.54 Å². The third-order valence-electron chi connectivity index (χ3n) is 2.48. The van der Waals surface area contributed by atoms with E-state index in [1.54, 1.807) is 13.3 Å². The van der Waals surface area contributed by atoms with Crippen LogP contribution in [0.2, 0.25) is 0 Å². The van der Waals surface area contributed by atoms with Crippen LogP contribution in [0.15, 0.2) is 17.3 Å². The first-order valence-corrected chi connectivity index (χ1v) is 6.26. The van der Waals surface area contributed by atoms with Crippen molar-refractivity contribution in [2.24, 2.45) is 12.0 Å². The van der Waals surface area contributed by atoms with Crippen molar-refractivity contribution in [1.29, 1.82) is 0 Å². The zero-order chi connectivity index (χ0) is 13.2. The second kappa shape index (κ2) is 11.0. The Balaban J connectivity index is 0.00000324. The molecule has 0 fully saturated rings. The van der Waals surface area contributed by atoms with Gasteiger partial charge in [0, 0.05) is 40.1 Å². The second-order valence-electron chi connectivity index (χ2n) is 3.91. The number of aromatic nitrogens is 2. The van der Waals surface area contributed by atoms with Crippen molar-refractivity contribution < 1.29 is 4.74 Å². The van der Waals surface area contributed by atoms with Gasteiger partial charge in [-0.3, -0.25) is 4.68 Å². The van der Waals surface area contributed by atoms with Gasteiger partial charge in [-0.15, -0.1) is 24.0 Å². The van der Waals surface area contributed by atoms with Crippen LogP contribution in [0.5, 0.6) is 0 Å². The highest BCUT2D eigenvalue weighted by molar-refractivity contribution is 14.0. The van der Waals surface area contributed by atoms with Gasteiger partial charge >= 0.3 is 0 Å². The lowest BCUT2D eigenvalue weighted by atomic mass is 10.4. The van der Waals surface area contributed by atoms with E-state index < -0.39 is 0 Å². The van der Waals surface area contributed by atoms with Gasteiger partial charge < -0.3 is 15.4 Å². The van der Waals surface area contributed by atoms with Crippen LogP contribution in [0.3, 0.4) is 0 Å². The van der Waals surface area contributed by atoms with Crippen molar-refractivity contribution in [2.45, 2.75) is 19.9 Å². The zero-order valence-corrected chi connectivity index (χ0v) is 14.2. The lowest BCUT2D eigenvalue weighted by Crippen LogP contribution is -2.38. The van der Waals surface area contributed by atoms with Gasteiger partial charge in [0.1, 0.15) is 0 Å². The lowest BCUT2D eigenvalue weighted by molar-refractivity contribution is 0.195. The summed E-state index contributed by atoms with van der Waals surface area (Å²) in [5.41, 5.74) is 1.09. The number of halogens is 1. The van der Waals surface area contributed by atoms with Gasteiger partial charge in [0.2, 0.25) is 0 Å². The van der Waals surface area contributed by atoms with E-state index in [1.165, 1.54) is 0 Å². The molecular weight excluding hydrogens is 357 g/mol. The summed E-state index contributed by atoms with van der Waals surface area (Å²) >= 11 is 0. The largest absolute Gasteiger partial charge is 0.385 e. The first-order valence-electron chi connectivity index (χ1n) is 6.26. The molecule has 1 rings (SSSR count). The Morgan fingerprint density at radius 2 is 2.26 bits per heavy atom. The molecule has 0 bridgehead atoms. The Bertz CT molecular complexity index is 367. The summed E-state index contributed by atoms with van der Waals surface area (Å²) in [6, 6.07) is 1.97. The summed E-state index contributed by atoms with van der Waals surface area (Å²) in [6.07, 6.45) is 2.75. The number of nitrogens with one attached hydrogen (secondary N) is 2. The maximum Gasteiger partial charge on any atom is 0.191 e. The predicted molar refractivity (Wildman–Crippen MR) is 87.9 cm³/mol. The van der Waals surface area contributed by atoms with Crippen LogP contribution in [-0.4, -0.2) is 42.5 Å². The molecule has 0 atom stereocenters. The number of aliphatic imine (C=N–C) groups is 1. The number of hydrogen-bond donors (Lipinski definition) is 2. The molecule has 1 heterocycles. The number of guanidine groups is 1. The standard InChI is InChI=1S/C12H23N5O.HI/c1-4-13-12(14-7-5-9-18-3)15-10-11-6-8-16-17(11)2;/h6,8H,4-5,7,9-10H2,1-3H3,(H2,13,14,15);1H. The van der Waals surface area contributed by atoms with E-state index in [9.17, 15) is 0 Å². The van der Waals surface area contributed by atoms with Crippen LogP contribution in [0.1, 0.15) is 19.0 Å². The van der Waals surface area contributed by atoms with Crippen molar-refractivity contribution in [3.8, 4) is 0 Å². The minimum absolute atomic E-state index is 0. The van der Waals surface area contributed by atoms with E-state index in [-0.39, 0.29) is 24.0 Å². The van der Waals surface area contributed by atoms with E-state index in [4.69, 9.17) is 4.74 Å². The van der Waals surface area contributed by atoms with Crippen LogP contribution in [0, 0.1) is 0 Å². The minimum Gasteiger partial charge on any atom is -0.385 e. The fourth-order valence-electron chi connectivity index (χ4n) is 1.48.